The van der Waals surface area contributed by atoms with Crippen molar-refractivity contribution in [3.05, 3.63) is 57.6 Å². The minimum absolute atomic E-state index is 0.308. The van der Waals surface area contributed by atoms with E-state index in [9.17, 15) is 9.59 Å². The molecule has 1 saturated carbocycles. The van der Waals surface area contributed by atoms with Crippen LogP contribution in [-0.4, -0.2) is 36.2 Å². The molecule has 1 aliphatic carbocycles. The summed E-state index contributed by atoms with van der Waals surface area (Å²) in [4.78, 5) is 31.6. The number of aryl methyl sites for hydroxylation is 1. The molecule has 34 heavy (non-hydrogen) atoms. The van der Waals surface area contributed by atoms with Crippen molar-refractivity contribution in [2.45, 2.75) is 32.6 Å². The number of nitrogens with zero attached hydrogens (tertiary/aromatic N) is 2. The Hall–Kier alpha value is -3.72. The van der Waals surface area contributed by atoms with Crippen LogP contribution < -0.4 is 10.1 Å². The average molecular weight is 478 g/mol. The predicted octanol–water partition coefficient (Wildman–Crippen LogP) is 5.49. The normalized spacial score (nSPS) is 13.2. The summed E-state index contributed by atoms with van der Waals surface area (Å²) in [5.41, 5.74) is 3.96. The van der Waals surface area contributed by atoms with Crippen LogP contribution in [0.15, 0.2) is 34.9 Å². The summed E-state index contributed by atoms with van der Waals surface area (Å²) in [6.45, 7) is 3.74. The molecule has 5 rings (SSSR count). The molecule has 1 aromatic carbocycles. The molecule has 9 heteroatoms. The van der Waals surface area contributed by atoms with E-state index in [1.54, 1.807) is 7.11 Å². The molecule has 4 aromatic rings. The van der Waals surface area contributed by atoms with Gasteiger partial charge in [0.25, 0.3) is 11.6 Å². The largest absolute Gasteiger partial charge is 0.497 e. The Kier molecular flexibility index (Phi) is 5.57. The number of benzene rings is 1. The Morgan fingerprint density at radius 3 is 2.53 bits per heavy atom. The molecule has 0 saturated heterocycles. The number of hydrogen-bond donors (Lipinski definition) is 1. The number of aromatic nitrogens is 2. The van der Waals surface area contributed by atoms with Gasteiger partial charge in [-0.05, 0) is 62.6 Å². The van der Waals surface area contributed by atoms with E-state index < -0.39 is 5.97 Å². The Labute approximate surface area is 199 Å². The summed E-state index contributed by atoms with van der Waals surface area (Å²) in [6.07, 6.45) is 2.05. The fraction of sp³-hybridized carbons (Fsp3) is 0.280. The van der Waals surface area contributed by atoms with Crippen LogP contribution in [0.3, 0.4) is 0 Å². The molecule has 174 valence electrons. The maximum absolute atomic E-state index is 13.6. The van der Waals surface area contributed by atoms with Gasteiger partial charge in [0.2, 0.25) is 0 Å². The summed E-state index contributed by atoms with van der Waals surface area (Å²) in [5.74, 6) is 0.169. The number of methoxy groups -OCH3 is 2. The van der Waals surface area contributed by atoms with Crippen molar-refractivity contribution in [1.82, 2.24) is 10.1 Å². The molecule has 0 bridgehead atoms. The second-order valence-corrected chi connectivity index (χ2v) is 9.47. The van der Waals surface area contributed by atoms with Crippen molar-refractivity contribution in [2.24, 2.45) is 0 Å². The molecule has 0 radical (unpaired) electrons. The van der Waals surface area contributed by atoms with Crippen LogP contribution in [0.4, 0.5) is 5.00 Å². The van der Waals surface area contributed by atoms with Crippen LogP contribution in [0.5, 0.6) is 5.75 Å². The molecule has 3 aromatic heterocycles. The number of amides is 1. The van der Waals surface area contributed by atoms with Gasteiger partial charge in [-0.1, -0.05) is 5.16 Å². The summed E-state index contributed by atoms with van der Waals surface area (Å²) in [6, 6.07) is 9.16. The number of nitrogens with one attached hydrogen (secondary N) is 1. The third-order valence-corrected chi connectivity index (χ3v) is 7.19. The lowest BCUT2D eigenvalue weighted by Crippen LogP contribution is -2.15. The Morgan fingerprint density at radius 2 is 1.88 bits per heavy atom. The van der Waals surface area contributed by atoms with Gasteiger partial charge in [-0.3, -0.25) is 4.79 Å². The predicted molar refractivity (Wildman–Crippen MR) is 129 cm³/mol. The molecular weight excluding hydrogens is 454 g/mol. The SMILES string of the molecule is COC(=O)c1c(NC(=O)c2cc(C3CC3)nc3onc(-c4ccc(OC)cc4)c23)sc(C)c1C. The van der Waals surface area contributed by atoms with E-state index in [1.807, 2.05) is 44.2 Å². The van der Waals surface area contributed by atoms with Crippen LogP contribution in [0.2, 0.25) is 0 Å². The average Bonchev–Trinajstić information content (AvgIpc) is 3.55. The van der Waals surface area contributed by atoms with Gasteiger partial charge >= 0.3 is 5.97 Å². The maximum Gasteiger partial charge on any atom is 0.341 e. The highest BCUT2D eigenvalue weighted by molar-refractivity contribution is 7.16. The highest BCUT2D eigenvalue weighted by Crippen LogP contribution is 2.42. The van der Waals surface area contributed by atoms with Crippen LogP contribution in [-0.2, 0) is 4.74 Å². The zero-order valence-electron chi connectivity index (χ0n) is 19.2. The Morgan fingerprint density at radius 1 is 1.15 bits per heavy atom. The number of carbonyl (C=O) groups excluding carboxylic acids is 2. The van der Waals surface area contributed by atoms with E-state index in [0.29, 0.717) is 44.6 Å². The lowest BCUT2D eigenvalue weighted by molar-refractivity contribution is 0.0601. The zero-order valence-corrected chi connectivity index (χ0v) is 20.0. The minimum Gasteiger partial charge on any atom is -0.497 e. The first-order chi connectivity index (χ1) is 16.4. The van der Waals surface area contributed by atoms with Gasteiger partial charge < -0.3 is 19.3 Å². The van der Waals surface area contributed by atoms with Gasteiger partial charge in [0, 0.05) is 22.1 Å². The van der Waals surface area contributed by atoms with Crippen molar-refractivity contribution in [3.8, 4) is 17.0 Å². The topological polar surface area (TPSA) is 104 Å². The second kappa shape index (κ2) is 8.57. The summed E-state index contributed by atoms with van der Waals surface area (Å²) in [5, 5.41) is 8.15. The fourth-order valence-corrected chi connectivity index (χ4v) is 4.96. The van der Waals surface area contributed by atoms with Crippen LogP contribution >= 0.6 is 11.3 Å². The highest BCUT2D eigenvalue weighted by Gasteiger charge is 2.30. The number of pyridine rings is 1. The van der Waals surface area contributed by atoms with Gasteiger partial charge in [0.15, 0.2) is 0 Å². The number of fused-ring (bicyclic) bond motifs is 1. The molecule has 1 aliphatic rings. The van der Waals surface area contributed by atoms with Crippen molar-refractivity contribution in [2.75, 3.05) is 19.5 Å². The minimum atomic E-state index is -0.486. The van der Waals surface area contributed by atoms with Crippen LogP contribution in [0.1, 0.15) is 55.6 Å². The first-order valence-electron chi connectivity index (χ1n) is 10.9. The van der Waals surface area contributed by atoms with Crippen LogP contribution in [0.25, 0.3) is 22.4 Å². The number of rotatable bonds is 6. The molecule has 0 atom stereocenters. The number of thiophene rings is 1. The molecule has 1 fully saturated rings. The first-order valence-corrected chi connectivity index (χ1v) is 11.7. The van der Waals surface area contributed by atoms with Crippen molar-refractivity contribution in [3.63, 3.8) is 0 Å². The Bertz CT molecular complexity index is 1420. The molecule has 1 N–H and O–H groups in total. The molecular formula is C25H23N3O5S. The van der Waals surface area contributed by atoms with Crippen molar-refractivity contribution in [1.29, 1.82) is 0 Å². The van der Waals surface area contributed by atoms with Gasteiger partial charge in [-0.2, -0.15) is 0 Å². The molecule has 3 heterocycles. The quantitative estimate of drug-likeness (QED) is 0.366. The molecule has 1 amide bonds. The standard InChI is InChI=1S/C25H23N3O5S/c1-12-13(2)34-24(19(12)25(30)32-4)27-22(29)17-11-18(14-5-6-14)26-23-20(17)21(28-33-23)15-7-9-16(31-3)10-8-15/h7-11,14H,5-6H2,1-4H3,(H,27,29). The fourth-order valence-electron chi connectivity index (χ4n) is 3.92. The van der Waals surface area contributed by atoms with E-state index in [1.165, 1.54) is 18.4 Å². The number of esters is 1. The Balaban J connectivity index is 1.62. The van der Waals surface area contributed by atoms with Crippen molar-refractivity contribution < 1.29 is 23.6 Å². The number of ether oxygens (including phenoxy) is 2. The number of carbonyl (C=O) groups is 2. The van der Waals surface area contributed by atoms with E-state index in [0.717, 1.165) is 34.5 Å². The highest BCUT2D eigenvalue weighted by atomic mass is 32.1. The van der Waals surface area contributed by atoms with Gasteiger partial charge in [-0.25, -0.2) is 9.78 Å². The lowest BCUT2D eigenvalue weighted by Gasteiger charge is -2.09. The van der Waals surface area contributed by atoms with Gasteiger partial charge in [-0.15, -0.1) is 11.3 Å². The summed E-state index contributed by atoms with van der Waals surface area (Å²) < 4.78 is 15.8. The smallest absolute Gasteiger partial charge is 0.341 e. The molecule has 0 unspecified atom stereocenters. The lowest BCUT2D eigenvalue weighted by atomic mass is 10.0. The molecule has 8 nitrogen and oxygen atoms in total. The molecule has 0 aliphatic heterocycles. The van der Waals surface area contributed by atoms with Crippen molar-refractivity contribution >= 4 is 39.3 Å². The van der Waals surface area contributed by atoms with Crippen LogP contribution in [0, 0.1) is 13.8 Å². The third kappa shape index (κ3) is 3.81. The van der Waals surface area contributed by atoms with E-state index in [4.69, 9.17) is 14.0 Å². The van der Waals surface area contributed by atoms with Gasteiger partial charge in [0.05, 0.1) is 30.7 Å². The number of hydrogen-bond acceptors (Lipinski definition) is 8. The monoisotopic (exact) mass is 477 g/mol. The number of anilines is 1. The molecule has 0 spiro atoms. The third-order valence-electron chi connectivity index (χ3n) is 6.07. The first kappa shape index (κ1) is 22.1. The maximum atomic E-state index is 13.6. The zero-order chi connectivity index (χ0) is 24.0. The summed E-state index contributed by atoms with van der Waals surface area (Å²) in [7, 11) is 2.93. The van der Waals surface area contributed by atoms with E-state index >= 15 is 0 Å². The van der Waals surface area contributed by atoms with E-state index in [2.05, 4.69) is 15.5 Å². The van der Waals surface area contributed by atoms with E-state index in [-0.39, 0.29) is 5.91 Å². The summed E-state index contributed by atoms with van der Waals surface area (Å²) >= 11 is 1.34. The van der Waals surface area contributed by atoms with Gasteiger partial charge in [0.1, 0.15) is 16.4 Å². The second-order valence-electron chi connectivity index (χ2n) is 8.24.